The molecule has 0 unspecified atom stereocenters. The molecule has 3 aromatic carbocycles. The molecule has 36 heavy (non-hydrogen) atoms. The van der Waals surface area contributed by atoms with Gasteiger partial charge in [0.15, 0.2) is 0 Å². The lowest BCUT2D eigenvalue weighted by Crippen LogP contribution is -2.36. The molecule has 4 rings (SSSR count). The molecule has 1 aliphatic rings. The van der Waals surface area contributed by atoms with E-state index in [0.29, 0.717) is 22.0 Å². The van der Waals surface area contributed by atoms with E-state index in [9.17, 15) is 18.8 Å². The van der Waals surface area contributed by atoms with Gasteiger partial charge in [0.1, 0.15) is 24.7 Å². The smallest absolute Gasteiger partial charge is 0.294 e. The number of carbonyl (C=O) groups is 3. The highest BCUT2D eigenvalue weighted by Crippen LogP contribution is 2.32. The number of carbonyl (C=O) groups excluding carboxylic acids is 3. The van der Waals surface area contributed by atoms with Gasteiger partial charge in [0.05, 0.1) is 9.93 Å². The maximum atomic E-state index is 13.9. The molecule has 0 atom stereocenters. The van der Waals surface area contributed by atoms with Gasteiger partial charge < -0.3 is 10.1 Å². The Morgan fingerprint density at radius 3 is 2.58 bits per heavy atom. The van der Waals surface area contributed by atoms with Gasteiger partial charge in [-0.15, -0.1) is 0 Å². The summed E-state index contributed by atoms with van der Waals surface area (Å²) in [7, 11) is 0. The first-order valence-electron chi connectivity index (χ1n) is 10.7. The van der Waals surface area contributed by atoms with E-state index in [1.165, 1.54) is 12.1 Å². The summed E-state index contributed by atoms with van der Waals surface area (Å²) in [6.45, 7) is 1.35. The quantitative estimate of drug-likeness (QED) is 0.335. The molecule has 0 saturated carbocycles. The van der Waals surface area contributed by atoms with Crippen LogP contribution in [0.5, 0.6) is 5.75 Å². The fourth-order valence-electron chi connectivity index (χ4n) is 3.34. The molecule has 6 nitrogen and oxygen atoms in total. The van der Waals surface area contributed by atoms with Crippen molar-refractivity contribution >= 4 is 63.8 Å². The zero-order valence-electron chi connectivity index (χ0n) is 18.9. The molecule has 10 heteroatoms. The van der Waals surface area contributed by atoms with Gasteiger partial charge >= 0.3 is 0 Å². The number of imide groups is 1. The Kier molecular flexibility index (Phi) is 7.98. The maximum Gasteiger partial charge on any atom is 0.294 e. The number of nitrogens with zero attached hydrogens (tertiary/aromatic N) is 1. The second-order valence-electron chi connectivity index (χ2n) is 7.83. The molecule has 184 valence electrons. The van der Waals surface area contributed by atoms with Crippen LogP contribution in [-0.4, -0.2) is 28.5 Å². The minimum absolute atomic E-state index is 0.0412. The largest absolute Gasteiger partial charge is 0.489 e. The Balaban J connectivity index is 1.38. The van der Waals surface area contributed by atoms with Crippen LogP contribution >= 0.6 is 35.0 Å². The van der Waals surface area contributed by atoms with Crippen LogP contribution in [0.2, 0.25) is 10.0 Å². The molecule has 0 bridgehead atoms. The third-order valence-electron chi connectivity index (χ3n) is 5.27. The van der Waals surface area contributed by atoms with E-state index in [1.807, 2.05) is 0 Å². The Labute approximate surface area is 221 Å². The average molecular weight is 545 g/mol. The van der Waals surface area contributed by atoms with Crippen LogP contribution in [0, 0.1) is 12.7 Å². The third-order valence-corrected chi connectivity index (χ3v) is 6.77. The minimum atomic E-state index is -0.558. The summed E-state index contributed by atoms with van der Waals surface area (Å²) >= 11 is 12.7. The Morgan fingerprint density at radius 2 is 1.86 bits per heavy atom. The van der Waals surface area contributed by atoms with Gasteiger partial charge in [-0.25, -0.2) is 4.39 Å². The number of hydrogen-bond acceptors (Lipinski definition) is 5. The normalized spacial score (nSPS) is 14.4. The van der Waals surface area contributed by atoms with Crippen molar-refractivity contribution in [2.45, 2.75) is 13.5 Å². The van der Waals surface area contributed by atoms with E-state index >= 15 is 0 Å². The summed E-state index contributed by atoms with van der Waals surface area (Å²) in [5, 5.41) is 2.87. The van der Waals surface area contributed by atoms with E-state index in [-0.39, 0.29) is 22.1 Å². The lowest BCUT2D eigenvalue weighted by atomic mass is 10.2. The van der Waals surface area contributed by atoms with Crippen LogP contribution in [0.15, 0.2) is 65.6 Å². The number of anilines is 1. The number of amides is 3. The molecular formula is C26H19Cl2FN2O4S. The summed E-state index contributed by atoms with van der Waals surface area (Å²) in [6.07, 6.45) is 1.56. The van der Waals surface area contributed by atoms with Crippen LogP contribution in [0.1, 0.15) is 16.7 Å². The van der Waals surface area contributed by atoms with Crippen LogP contribution < -0.4 is 10.1 Å². The number of hydrogen-bond donors (Lipinski definition) is 1. The number of benzene rings is 3. The molecule has 1 heterocycles. The highest BCUT2D eigenvalue weighted by atomic mass is 35.5. The summed E-state index contributed by atoms with van der Waals surface area (Å²) in [4.78, 5) is 38.7. The standard InChI is InChI=1S/C26H19Cl2FN2O4S/c1-15-5-8-17(27)12-22(15)30-24(32)13-31-25(33)23(36-26(31)34)11-16-6-9-18(10-7-16)35-14-19-20(28)3-2-4-21(19)29/h2-12H,13-14H2,1H3,(H,30,32)/b23-11-. The predicted molar refractivity (Wildman–Crippen MR) is 140 cm³/mol. The first kappa shape index (κ1) is 25.8. The number of nitrogens with one attached hydrogen (secondary N) is 1. The summed E-state index contributed by atoms with van der Waals surface area (Å²) in [5.41, 5.74) is 2.21. The van der Waals surface area contributed by atoms with Crippen molar-refractivity contribution in [2.24, 2.45) is 0 Å². The lowest BCUT2D eigenvalue weighted by Gasteiger charge is -2.13. The number of thioether (sulfide) groups is 1. The Bertz CT molecular complexity index is 1360. The number of rotatable bonds is 7. The molecular weight excluding hydrogens is 526 g/mol. The van der Waals surface area contributed by atoms with E-state index in [1.54, 1.807) is 61.5 Å². The molecule has 1 aliphatic heterocycles. The van der Waals surface area contributed by atoms with Crippen molar-refractivity contribution in [3.05, 3.63) is 98.1 Å². The number of ether oxygens (including phenoxy) is 1. The fourth-order valence-corrected chi connectivity index (χ4v) is 4.56. The molecule has 1 saturated heterocycles. The van der Waals surface area contributed by atoms with Gasteiger partial charge in [0.25, 0.3) is 11.1 Å². The van der Waals surface area contributed by atoms with Gasteiger partial charge in [0.2, 0.25) is 5.91 Å². The molecule has 0 aromatic heterocycles. The van der Waals surface area contributed by atoms with E-state index in [2.05, 4.69) is 5.32 Å². The van der Waals surface area contributed by atoms with Gasteiger partial charge in [-0.3, -0.25) is 19.3 Å². The highest BCUT2D eigenvalue weighted by Gasteiger charge is 2.36. The van der Waals surface area contributed by atoms with Crippen molar-refractivity contribution in [2.75, 3.05) is 11.9 Å². The SMILES string of the molecule is Cc1ccc(Cl)cc1NC(=O)CN1C(=O)S/C(=C\c2ccc(OCc3c(F)cccc3Cl)cc2)C1=O. The van der Waals surface area contributed by atoms with Crippen LogP contribution in [0.4, 0.5) is 14.9 Å². The van der Waals surface area contributed by atoms with Gasteiger partial charge in [-0.05, 0) is 72.3 Å². The first-order valence-corrected chi connectivity index (χ1v) is 12.3. The zero-order chi connectivity index (χ0) is 25.8. The van der Waals surface area contributed by atoms with Crippen molar-refractivity contribution in [1.29, 1.82) is 0 Å². The van der Waals surface area contributed by atoms with Gasteiger partial charge in [0, 0.05) is 16.3 Å². The summed E-state index contributed by atoms with van der Waals surface area (Å²) < 4.78 is 19.5. The molecule has 3 aromatic rings. The first-order chi connectivity index (χ1) is 17.2. The number of aryl methyl sites for hydroxylation is 1. The maximum absolute atomic E-state index is 13.9. The highest BCUT2D eigenvalue weighted by molar-refractivity contribution is 8.18. The van der Waals surface area contributed by atoms with Crippen molar-refractivity contribution < 1.29 is 23.5 Å². The zero-order valence-corrected chi connectivity index (χ0v) is 21.2. The predicted octanol–water partition coefficient (Wildman–Crippen LogP) is 6.69. The Morgan fingerprint density at radius 1 is 1.11 bits per heavy atom. The van der Waals surface area contributed by atoms with Gasteiger partial charge in [-0.2, -0.15) is 0 Å². The summed E-state index contributed by atoms with van der Waals surface area (Å²) in [6, 6.07) is 16.2. The summed E-state index contributed by atoms with van der Waals surface area (Å²) in [5.74, 6) is -1.04. The van der Waals surface area contributed by atoms with Crippen LogP contribution in [-0.2, 0) is 16.2 Å². The fraction of sp³-hybridized carbons (Fsp3) is 0.115. The number of halogens is 3. The molecule has 0 radical (unpaired) electrons. The average Bonchev–Trinajstić information content (AvgIpc) is 3.09. The molecule has 1 N–H and O–H groups in total. The van der Waals surface area contributed by atoms with Gasteiger partial charge in [-0.1, -0.05) is 47.5 Å². The second-order valence-corrected chi connectivity index (χ2v) is 9.67. The van der Waals surface area contributed by atoms with E-state index in [0.717, 1.165) is 22.2 Å². The van der Waals surface area contributed by atoms with Crippen LogP contribution in [0.3, 0.4) is 0 Å². The third kappa shape index (κ3) is 6.07. The minimum Gasteiger partial charge on any atom is -0.489 e. The lowest BCUT2D eigenvalue weighted by molar-refractivity contribution is -0.127. The topological polar surface area (TPSA) is 75.7 Å². The Hall–Kier alpha value is -3.33. The van der Waals surface area contributed by atoms with E-state index in [4.69, 9.17) is 27.9 Å². The van der Waals surface area contributed by atoms with E-state index < -0.39 is 29.4 Å². The molecule has 0 aliphatic carbocycles. The molecule has 3 amide bonds. The molecule has 1 fully saturated rings. The van der Waals surface area contributed by atoms with Crippen molar-refractivity contribution in [3.63, 3.8) is 0 Å². The van der Waals surface area contributed by atoms with Crippen molar-refractivity contribution in [1.82, 2.24) is 4.90 Å². The monoisotopic (exact) mass is 544 g/mol. The second kappa shape index (κ2) is 11.2. The van der Waals surface area contributed by atoms with Crippen LogP contribution in [0.25, 0.3) is 6.08 Å². The van der Waals surface area contributed by atoms with Crippen molar-refractivity contribution in [3.8, 4) is 5.75 Å². The molecule has 0 spiro atoms.